The number of methoxy groups -OCH3 is 1. The number of carboxylic acids is 1. The summed E-state index contributed by atoms with van der Waals surface area (Å²) >= 11 is 1.14. The molecule has 0 atom stereocenters. The molecular formula is C15H11NO6S. The molecule has 0 aromatic heterocycles. The van der Waals surface area contributed by atoms with Crippen molar-refractivity contribution in [2.45, 2.75) is 9.79 Å². The van der Waals surface area contributed by atoms with E-state index in [1.54, 1.807) is 24.3 Å². The molecule has 0 bridgehead atoms. The Labute approximate surface area is 135 Å². The van der Waals surface area contributed by atoms with Gasteiger partial charge in [-0.1, -0.05) is 11.8 Å². The molecule has 0 saturated carbocycles. The number of aromatic carboxylic acids is 1. The quantitative estimate of drug-likeness (QED) is 0.508. The Morgan fingerprint density at radius 2 is 1.83 bits per heavy atom. The first-order chi connectivity index (χ1) is 10.9. The summed E-state index contributed by atoms with van der Waals surface area (Å²) in [7, 11) is 1.28. The lowest BCUT2D eigenvalue weighted by Crippen LogP contribution is -2.01. The highest BCUT2D eigenvalue weighted by Gasteiger charge is 2.17. The SMILES string of the molecule is COC(=O)c1ccc(Sc2ccc([N+](=O)[O-])cc2C(=O)O)cc1. The minimum Gasteiger partial charge on any atom is -0.478 e. The van der Waals surface area contributed by atoms with Gasteiger partial charge in [-0.05, 0) is 30.3 Å². The van der Waals surface area contributed by atoms with Crippen LogP contribution in [-0.4, -0.2) is 29.1 Å². The Morgan fingerprint density at radius 1 is 1.17 bits per heavy atom. The maximum atomic E-state index is 11.4. The van der Waals surface area contributed by atoms with Crippen LogP contribution in [0.25, 0.3) is 0 Å². The van der Waals surface area contributed by atoms with Gasteiger partial charge in [-0.25, -0.2) is 9.59 Å². The van der Waals surface area contributed by atoms with Crippen molar-refractivity contribution in [1.29, 1.82) is 0 Å². The van der Waals surface area contributed by atoms with E-state index in [0.29, 0.717) is 15.4 Å². The first-order valence-electron chi connectivity index (χ1n) is 6.30. The average molecular weight is 333 g/mol. The summed E-state index contributed by atoms with van der Waals surface area (Å²) in [5, 5.41) is 19.9. The second-order valence-corrected chi connectivity index (χ2v) is 5.48. The van der Waals surface area contributed by atoms with Crippen molar-refractivity contribution < 1.29 is 24.4 Å². The standard InChI is InChI=1S/C15H11NO6S/c1-22-15(19)9-2-5-11(6-3-9)23-13-7-4-10(16(20)21)8-12(13)14(17)18/h2-8H,1H3,(H,17,18). The average Bonchev–Trinajstić information content (AvgIpc) is 2.54. The zero-order valence-electron chi connectivity index (χ0n) is 11.9. The third-order valence-electron chi connectivity index (χ3n) is 2.91. The lowest BCUT2D eigenvalue weighted by Gasteiger charge is -2.06. The van der Waals surface area contributed by atoms with Crippen LogP contribution in [0.2, 0.25) is 0 Å². The Balaban J connectivity index is 2.30. The number of carbonyl (C=O) groups excluding carboxylic acids is 1. The Hall–Kier alpha value is -2.87. The van der Waals surface area contributed by atoms with Crippen LogP contribution < -0.4 is 0 Å². The van der Waals surface area contributed by atoms with E-state index in [4.69, 9.17) is 0 Å². The molecule has 0 aliphatic rings. The van der Waals surface area contributed by atoms with Gasteiger partial charge >= 0.3 is 11.9 Å². The normalized spacial score (nSPS) is 10.1. The van der Waals surface area contributed by atoms with E-state index < -0.39 is 16.9 Å². The van der Waals surface area contributed by atoms with Gasteiger partial charge < -0.3 is 9.84 Å². The molecule has 0 unspecified atom stereocenters. The van der Waals surface area contributed by atoms with Crippen molar-refractivity contribution in [2.75, 3.05) is 7.11 Å². The minimum atomic E-state index is -1.25. The fourth-order valence-corrected chi connectivity index (χ4v) is 2.71. The number of rotatable bonds is 5. The van der Waals surface area contributed by atoms with Crippen molar-refractivity contribution in [3.63, 3.8) is 0 Å². The number of benzene rings is 2. The lowest BCUT2D eigenvalue weighted by atomic mass is 10.2. The third kappa shape index (κ3) is 3.86. The zero-order chi connectivity index (χ0) is 17.0. The summed E-state index contributed by atoms with van der Waals surface area (Å²) in [5.41, 5.74) is -0.0620. The molecule has 2 aromatic carbocycles. The molecule has 0 aliphatic heterocycles. The molecule has 0 saturated heterocycles. The molecule has 7 nitrogen and oxygen atoms in total. The van der Waals surface area contributed by atoms with E-state index in [1.807, 2.05) is 0 Å². The number of carboxylic acid groups (broad SMARTS) is 1. The Morgan fingerprint density at radius 3 is 2.35 bits per heavy atom. The number of hydrogen-bond acceptors (Lipinski definition) is 6. The monoisotopic (exact) mass is 333 g/mol. The van der Waals surface area contributed by atoms with Gasteiger partial charge in [0.1, 0.15) is 0 Å². The predicted molar refractivity (Wildman–Crippen MR) is 82.0 cm³/mol. The summed E-state index contributed by atoms with van der Waals surface area (Å²) in [6.07, 6.45) is 0. The van der Waals surface area contributed by atoms with E-state index in [-0.39, 0.29) is 11.3 Å². The summed E-state index contributed by atoms with van der Waals surface area (Å²) in [5.74, 6) is -1.72. The highest BCUT2D eigenvalue weighted by Crippen LogP contribution is 2.32. The van der Waals surface area contributed by atoms with Gasteiger partial charge in [0.25, 0.3) is 5.69 Å². The van der Waals surface area contributed by atoms with Crippen molar-refractivity contribution in [2.24, 2.45) is 0 Å². The van der Waals surface area contributed by atoms with Crippen LogP contribution in [0.5, 0.6) is 0 Å². The largest absolute Gasteiger partial charge is 0.478 e. The van der Waals surface area contributed by atoms with E-state index in [1.165, 1.54) is 19.2 Å². The molecule has 0 aliphatic carbocycles. The molecule has 23 heavy (non-hydrogen) atoms. The minimum absolute atomic E-state index is 0.152. The smallest absolute Gasteiger partial charge is 0.337 e. The summed E-state index contributed by atoms with van der Waals surface area (Å²) < 4.78 is 4.59. The number of carbonyl (C=O) groups is 2. The van der Waals surface area contributed by atoms with Crippen LogP contribution >= 0.6 is 11.8 Å². The summed E-state index contributed by atoms with van der Waals surface area (Å²) in [6.45, 7) is 0. The Kier molecular flexibility index (Phi) is 4.97. The third-order valence-corrected chi connectivity index (χ3v) is 3.99. The van der Waals surface area contributed by atoms with Crippen LogP contribution in [0.3, 0.4) is 0 Å². The molecule has 2 aromatic rings. The molecule has 0 spiro atoms. The molecule has 2 rings (SSSR count). The highest BCUT2D eigenvalue weighted by atomic mass is 32.2. The fraction of sp³-hybridized carbons (Fsp3) is 0.0667. The fourth-order valence-electron chi connectivity index (χ4n) is 1.79. The predicted octanol–water partition coefficient (Wildman–Crippen LogP) is 3.23. The number of non-ortho nitro benzene ring substituents is 1. The van der Waals surface area contributed by atoms with Crippen LogP contribution in [0.1, 0.15) is 20.7 Å². The summed E-state index contributed by atoms with van der Waals surface area (Å²) in [4.78, 5) is 33.8. The number of esters is 1. The van der Waals surface area contributed by atoms with Crippen LogP contribution in [-0.2, 0) is 4.74 Å². The number of nitro groups is 1. The maximum Gasteiger partial charge on any atom is 0.337 e. The second-order valence-electron chi connectivity index (χ2n) is 4.36. The van der Waals surface area contributed by atoms with E-state index in [9.17, 15) is 24.8 Å². The van der Waals surface area contributed by atoms with Crippen LogP contribution in [0, 0.1) is 10.1 Å². The summed E-state index contributed by atoms with van der Waals surface area (Å²) in [6, 6.07) is 10.1. The molecular weight excluding hydrogens is 322 g/mol. The number of ether oxygens (including phenoxy) is 1. The number of nitro benzene ring substituents is 1. The van der Waals surface area contributed by atoms with Gasteiger partial charge in [0.2, 0.25) is 0 Å². The van der Waals surface area contributed by atoms with Gasteiger partial charge in [0.05, 0.1) is 23.2 Å². The van der Waals surface area contributed by atoms with Gasteiger partial charge in [-0.3, -0.25) is 10.1 Å². The van der Waals surface area contributed by atoms with Crippen molar-refractivity contribution >= 4 is 29.4 Å². The molecule has 118 valence electrons. The second kappa shape index (κ2) is 6.93. The van der Waals surface area contributed by atoms with Crippen LogP contribution in [0.15, 0.2) is 52.3 Å². The molecule has 8 heteroatoms. The van der Waals surface area contributed by atoms with E-state index in [0.717, 1.165) is 17.8 Å². The number of nitrogens with zero attached hydrogens (tertiary/aromatic N) is 1. The highest BCUT2D eigenvalue weighted by molar-refractivity contribution is 7.99. The van der Waals surface area contributed by atoms with Gasteiger partial charge in [0.15, 0.2) is 0 Å². The Bertz CT molecular complexity index is 772. The number of hydrogen-bond donors (Lipinski definition) is 1. The van der Waals surface area contributed by atoms with Crippen LogP contribution in [0.4, 0.5) is 5.69 Å². The van der Waals surface area contributed by atoms with Crippen molar-refractivity contribution in [1.82, 2.24) is 0 Å². The van der Waals surface area contributed by atoms with Gasteiger partial charge in [-0.15, -0.1) is 0 Å². The molecule has 0 fully saturated rings. The van der Waals surface area contributed by atoms with E-state index in [2.05, 4.69) is 4.74 Å². The molecule has 1 N–H and O–H groups in total. The molecule has 0 amide bonds. The van der Waals surface area contributed by atoms with Gasteiger partial charge in [0, 0.05) is 21.9 Å². The maximum absolute atomic E-state index is 11.4. The molecule has 0 radical (unpaired) electrons. The van der Waals surface area contributed by atoms with Gasteiger partial charge in [-0.2, -0.15) is 0 Å². The first-order valence-corrected chi connectivity index (χ1v) is 7.12. The van der Waals surface area contributed by atoms with Crippen molar-refractivity contribution in [3.8, 4) is 0 Å². The lowest BCUT2D eigenvalue weighted by molar-refractivity contribution is -0.384. The zero-order valence-corrected chi connectivity index (χ0v) is 12.7. The topological polar surface area (TPSA) is 107 Å². The molecule has 0 heterocycles. The van der Waals surface area contributed by atoms with Crippen molar-refractivity contribution in [3.05, 3.63) is 63.7 Å². The van der Waals surface area contributed by atoms with E-state index >= 15 is 0 Å². The first kappa shape index (κ1) is 16.5.